The summed E-state index contributed by atoms with van der Waals surface area (Å²) in [7, 11) is 0. The maximum atomic E-state index is 12.6. The monoisotopic (exact) mass is 223 g/mol. The fourth-order valence-electron chi connectivity index (χ4n) is 1.20. The highest BCUT2D eigenvalue weighted by Gasteiger charge is 2.11. The van der Waals surface area contributed by atoms with Crippen LogP contribution in [0.3, 0.4) is 0 Å². The lowest BCUT2D eigenvalue weighted by Crippen LogP contribution is -2.04. The van der Waals surface area contributed by atoms with Gasteiger partial charge in [-0.15, -0.1) is 0 Å². The Morgan fingerprint density at radius 1 is 1.50 bits per heavy atom. The van der Waals surface area contributed by atoms with Crippen LogP contribution in [0.2, 0.25) is 0 Å². The zero-order valence-electron chi connectivity index (χ0n) is 8.59. The van der Waals surface area contributed by atoms with E-state index < -0.39 is 11.9 Å². The smallest absolute Gasteiger partial charge is 0.229 e. The summed E-state index contributed by atoms with van der Waals surface area (Å²) in [6, 6.07) is 2.74. The number of hydrogen-bond acceptors (Lipinski definition) is 5. The van der Waals surface area contributed by atoms with Gasteiger partial charge in [-0.05, 0) is 19.1 Å². The summed E-state index contributed by atoms with van der Waals surface area (Å²) in [5, 5.41) is 12.8. The van der Waals surface area contributed by atoms with Gasteiger partial charge in [-0.25, -0.2) is 9.37 Å². The molecule has 0 bridgehead atoms. The average Bonchev–Trinajstić information content (AvgIpc) is 2.66. The first-order valence-corrected chi connectivity index (χ1v) is 4.78. The van der Waals surface area contributed by atoms with E-state index in [0.29, 0.717) is 11.6 Å². The van der Waals surface area contributed by atoms with Crippen LogP contribution in [-0.4, -0.2) is 26.3 Å². The van der Waals surface area contributed by atoms with E-state index in [4.69, 9.17) is 9.63 Å². The number of nitrogens with zero attached hydrogens (tertiary/aromatic N) is 3. The molecular formula is C10H10FN3O2. The molecule has 0 aliphatic carbocycles. The summed E-state index contributed by atoms with van der Waals surface area (Å²) in [4.78, 5) is 7.85. The fourth-order valence-corrected chi connectivity index (χ4v) is 1.20. The topological polar surface area (TPSA) is 72.0 Å². The Hall–Kier alpha value is -1.82. The van der Waals surface area contributed by atoms with E-state index in [0.717, 1.165) is 6.20 Å². The third kappa shape index (κ3) is 2.40. The molecular weight excluding hydrogens is 213 g/mol. The van der Waals surface area contributed by atoms with Gasteiger partial charge in [-0.1, -0.05) is 5.16 Å². The number of aliphatic hydroxyl groups is 1. The zero-order valence-corrected chi connectivity index (χ0v) is 8.59. The minimum absolute atomic E-state index is 0.286. The second kappa shape index (κ2) is 4.36. The Morgan fingerprint density at radius 3 is 2.94 bits per heavy atom. The molecule has 5 nitrogen and oxygen atoms in total. The van der Waals surface area contributed by atoms with Crippen molar-refractivity contribution in [1.29, 1.82) is 0 Å². The molecule has 0 spiro atoms. The zero-order chi connectivity index (χ0) is 11.5. The lowest BCUT2D eigenvalue weighted by atomic mass is 10.3. The molecule has 2 aromatic heterocycles. The molecule has 0 aliphatic heterocycles. The molecule has 2 rings (SSSR count). The Morgan fingerprint density at radius 2 is 2.31 bits per heavy atom. The Labute approximate surface area is 90.9 Å². The molecule has 2 heterocycles. The van der Waals surface area contributed by atoms with Gasteiger partial charge in [0.15, 0.2) is 0 Å². The highest BCUT2D eigenvalue weighted by atomic mass is 19.1. The quantitative estimate of drug-likeness (QED) is 0.846. The van der Waals surface area contributed by atoms with Crippen molar-refractivity contribution in [2.24, 2.45) is 0 Å². The van der Waals surface area contributed by atoms with Crippen LogP contribution in [0.1, 0.15) is 12.8 Å². The molecule has 6 heteroatoms. The van der Waals surface area contributed by atoms with E-state index in [1.54, 1.807) is 6.92 Å². The third-order valence-corrected chi connectivity index (χ3v) is 1.89. The molecule has 0 saturated heterocycles. The summed E-state index contributed by atoms with van der Waals surface area (Å²) in [5.74, 6) is 0.197. The van der Waals surface area contributed by atoms with Crippen LogP contribution >= 0.6 is 0 Å². The van der Waals surface area contributed by atoms with Gasteiger partial charge in [0.25, 0.3) is 0 Å². The second-order valence-electron chi connectivity index (χ2n) is 3.43. The molecule has 0 aliphatic rings. The molecule has 0 radical (unpaired) electrons. The van der Waals surface area contributed by atoms with Crippen LogP contribution < -0.4 is 0 Å². The average molecular weight is 223 g/mol. The normalized spacial score (nSPS) is 12.7. The van der Waals surface area contributed by atoms with E-state index in [1.807, 2.05) is 0 Å². The fraction of sp³-hybridized carbons (Fsp3) is 0.300. The van der Waals surface area contributed by atoms with Crippen LogP contribution in [-0.2, 0) is 6.42 Å². The van der Waals surface area contributed by atoms with Crippen LogP contribution in [0.15, 0.2) is 22.9 Å². The minimum Gasteiger partial charge on any atom is -0.393 e. The minimum atomic E-state index is -0.547. The Balaban J connectivity index is 2.21. The second-order valence-corrected chi connectivity index (χ2v) is 3.43. The number of rotatable bonds is 3. The lowest BCUT2D eigenvalue weighted by molar-refractivity contribution is 0.181. The van der Waals surface area contributed by atoms with Crippen molar-refractivity contribution in [3.63, 3.8) is 0 Å². The van der Waals surface area contributed by atoms with Gasteiger partial charge >= 0.3 is 0 Å². The van der Waals surface area contributed by atoms with Crippen molar-refractivity contribution >= 4 is 0 Å². The number of aromatic nitrogens is 3. The number of aliphatic hydroxyl groups excluding tert-OH is 1. The Bertz CT molecular complexity index is 467. The van der Waals surface area contributed by atoms with Crippen molar-refractivity contribution in [3.8, 4) is 11.5 Å². The highest BCUT2D eigenvalue weighted by Crippen LogP contribution is 2.13. The molecule has 16 heavy (non-hydrogen) atoms. The largest absolute Gasteiger partial charge is 0.393 e. The Kier molecular flexibility index (Phi) is 2.91. The van der Waals surface area contributed by atoms with Crippen molar-refractivity contribution in [2.75, 3.05) is 0 Å². The maximum absolute atomic E-state index is 12.6. The maximum Gasteiger partial charge on any atom is 0.229 e. The summed E-state index contributed by atoms with van der Waals surface area (Å²) < 4.78 is 17.5. The van der Waals surface area contributed by atoms with Gasteiger partial charge in [0.2, 0.25) is 11.7 Å². The van der Waals surface area contributed by atoms with Crippen LogP contribution in [0.25, 0.3) is 11.5 Å². The van der Waals surface area contributed by atoms with E-state index in [1.165, 1.54) is 12.1 Å². The van der Waals surface area contributed by atoms with Crippen molar-refractivity contribution in [3.05, 3.63) is 30.0 Å². The summed E-state index contributed by atoms with van der Waals surface area (Å²) in [5.41, 5.74) is 0.432. The summed E-state index contributed by atoms with van der Waals surface area (Å²) >= 11 is 0. The molecule has 1 unspecified atom stereocenters. The molecule has 1 atom stereocenters. The van der Waals surface area contributed by atoms with Crippen molar-refractivity contribution < 1.29 is 14.0 Å². The number of pyridine rings is 1. The van der Waals surface area contributed by atoms with Crippen molar-refractivity contribution in [1.82, 2.24) is 15.1 Å². The standard InChI is InChI=1S/C10H10FN3O2/c1-6(15)4-9-13-10(14-16-9)8-3-2-7(11)5-12-8/h2-3,5-6,15H,4H2,1H3. The molecule has 2 aromatic rings. The third-order valence-electron chi connectivity index (χ3n) is 1.89. The predicted molar refractivity (Wildman–Crippen MR) is 52.9 cm³/mol. The summed E-state index contributed by atoms with van der Waals surface area (Å²) in [6.45, 7) is 1.63. The van der Waals surface area contributed by atoms with Gasteiger partial charge in [0.05, 0.1) is 18.7 Å². The molecule has 0 fully saturated rings. The number of hydrogen-bond donors (Lipinski definition) is 1. The SMILES string of the molecule is CC(O)Cc1nc(-c2ccc(F)cn2)no1. The number of halogens is 1. The van der Waals surface area contributed by atoms with Crippen LogP contribution in [0.4, 0.5) is 4.39 Å². The van der Waals surface area contributed by atoms with E-state index in [2.05, 4.69) is 15.1 Å². The van der Waals surface area contributed by atoms with Crippen LogP contribution in [0.5, 0.6) is 0 Å². The van der Waals surface area contributed by atoms with Gasteiger partial charge in [0, 0.05) is 0 Å². The van der Waals surface area contributed by atoms with Gasteiger partial charge in [-0.3, -0.25) is 0 Å². The van der Waals surface area contributed by atoms with E-state index in [9.17, 15) is 4.39 Å². The van der Waals surface area contributed by atoms with E-state index >= 15 is 0 Å². The van der Waals surface area contributed by atoms with Gasteiger partial charge in [0.1, 0.15) is 11.5 Å². The molecule has 0 saturated carbocycles. The van der Waals surface area contributed by atoms with Crippen LogP contribution in [0, 0.1) is 5.82 Å². The molecule has 84 valence electrons. The molecule has 0 amide bonds. The summed E-state index contributed by atoms with van der Waals surface area (Å²) in [6.07, 6.45) is 0.822. The van der Waals surface area contributed by atoms with Gasteiger partial charge < -0.3 is 9.63 Å². The molecule has 0 aromatic carbocycles. The lowest BCUT2D eigenvalue weighted by Gasteiger charge is -1.95. The van der Waals surface area contributed by atoms with E-state index in [-0.39, 0.29) is 12.2 Å². The van der Waals surface area contributed by atoms with Gasteiger partial charge in [-0.2, -0.15) is 4.98 Å². The molecule has 1 N–H and O–H groups in total. The van der Waals surface area contributed by atoms with Crippen molar-refractivity contribution in [2.45, 2.75) is 19.4 Å². The first-order chi connectivity index (χ1) is 7.65. The first-order valence-electron chi connectivity index (χ1n) is 4.78. The first kappa shape index (κ1) is 10.7. The predicted octanol–water partition coefficient (Wildman–Crippen LogP) is 1.19. The highest BCUT2D eigenvalue weighted by molar-refractivity contribution is 5.47.